The summed E-state index contributed by atoms with van der Waals surface area (Å²) >= 11 is 3.48. The van der Waals surface area contributed by atoms with Gasteiger partial charge in [-0.15, -0.1) is 0 Å². The van der Waals surface area contributed by atoms with Crippen LogP contribution in [0.3, 0.4) is 0 Å². The standard InChI is InChI=1S/C34H41BrN6O2Si/c1-6-13-26(18-19-43-44(34(2,3)4,27-14-9-7-10-15-27)28-16-11-8-12-17-28)40-33-32-29(37-24-38-33)22-39-41(32)23-30-31(42-5)20-25(35)21-36-30/h7-12,14-17,20-22,24,26H,6,13,18-19,23H2,1-5H3,(H,37,38,40)/t26-/m0/s1. The van der Waals surface area contributed by atoms with Crippen LogP contribution in [0.1, 0.15) is 52.7 Å². The Morgan fingerprint density at radius 1 is 0.932 bits per heavy atom. The molecule has 5 rings (SSSR count). The van der Waals surface area contributed by atoms with Gasteiger partial charge in [-0.25, -0.2) is 9.97 Å². The third kappa shape index (κ3) is 6.72. The molecule has 0 fully saturated rings. The van der Waals surface area contributed by atoms with E-state index in [1.807, 2.05) is 10.7 Å². The second-order valence-corrected chi connectivity index (χ2v) is 17.2. The van der Waals surface area contributed by atoms with Gasteiger partial charge in [0.05, 0.1) is 19.9 Å². The van der Waals surface area contributed by atoms with Gasteiger partial charge in [-0.05, 0) is 50.2 Å². The molecule has 0 spiro atoms. The van der Waals surface area contributed by atoms with Crippen LogP contribution in [0.2, 0.25) is 5.04 Å². The van der Waals surface area contributed by atoms with Crippen molar-refractivity contribution < 1.29 is 9.16 Å². The van der Waals surface area contributed by atoms with E-state index in [1.54, 1.807) is 25.8 Å². The molecule has 5 aromatic rings. The van der Waals surface area contributed by atoms with Crippen molar-refractivity contribution in [1.82, 2.24) is 24.7 Å². The molecular formula is C34H41BrN6O2Si. The molecule has 0 aliphatic rings. The van der Waals surface area contributed by atoms with Crippen LogP contribution >= 0.6 is 15.9 Å². The van der Waals surface area contributed by atoms with E-state index in [0.29, 0.717) is 18.9 Å². The van der Waals surface area contributed by atoms with E-state index in [9.17, 15) is 0 Å². The molecule has 2 aromatic carbocycles. The van der Waals surface area contributed by atoms with E-state index in [2.05, 4.69) is 130 Å². The van der Waals surface area contributed by atoms with Gasteiger partial charge in [-0.3, -0.25) is 9.67 Å². The molecule has 0 amide bonds. The van der Waals surface area contributed by atoms with Crippen LogP contribution in [-0.4, -0.2) is 52.8 Å². The maximum Gasteiger partial charge on any atom is 0.261 e. The monoisotopic (exact) mass is 672 g/mol. The van der Waals surface area contributed by atoms with Gasteiger partial charge < -0.3 is 14.5 Å². The predicted molar refractivity (Wildman–Crippen MR) is 183 cm³/mol. The zero-order chi connectivity index (χ0) is 31.2. The minimum absolute atomic E-state index is 0.0726. The van der Waals surface area contributed by atoms with Gasteiger partial charge in [0.2, 0.25) is 0 Å². The molecule has 1 atom stereocenters. The number of nitrogens with one attached hydrogen (secondary N) is 1. The summed E-state index contributed by atoms with van der Waals surface area (Å²) in [6, 6.07) is 23.7. The highest BCUT2D eigenvalue weighted by Crippen LogP contribution is 2.37. The first-order valence-electron chi connectivity index (χ1n) is 15.1. The fraction of sp³-hybridized carbons (Fsp3) is 0.353. The molecule has 1 N–H and O–H groups in total. The van der Waals surface area contributed by atoms with Crippen LogP contribution in [0.15, 0.2) is 89.9 Å². The SMILES string of the molecule is CCC[C@@H](CCO[Si](c1ccccc1)(c1ccccc1)C(C)(C)C)Nc1ncnc2cnn(Cc3ncc(Br)cc3OC)c12. The lowest BCUT2D eigenvalue weighted by atomic mass is 10.1. The summed E-state index contributed by atoms with van der Waals surface area (Å²) < 4.78 is 15.5. The maximum atomic E-state index is 7.21. The van der Waals surface area contributed by atoms with Gasteiger partial charge in [-0.1, -0.05) is 94.8 Å². The molecule has 3 heterocycles. The first kappa shape index (κ1) is 31.8. The average Bonchev–Trinajstić information content (AvgIpc) is 3.44. The number of benzene rings is 2. The molecule has 0 aliphatic carbocycles. The number of fused-ring (bicyclic) bond motifs is 1. The average molecular weight is 674 g/mol. The number of nitrogens with zero attached hydrogens (tertiary/aromatic N) is 5. The Balaban J connectivity index is 1.41. The number of rotatable bonds is 13. The summed E-state index contributed by atoms with van der Waals surface area (Å²) in [5.41, 5.74) is 2.39. The van der Waals surface area contributed by atoms with E-state index >= 15 is 0 Å². The van der Waals surface area contributed by atoms with Crippen LogP contribution < -0.4 is 20.4 Å². The van der Waals surface area contributed by atoms with Crippen molar-refractivity contribution in [2.45, 2.75) is 64.6 Å². The summed E-state index contributed by atoms with van der Waals surface area (Å²) in [7, 11) is -0.972. The highest BCUT2D eigenvalue weighted by molar-refractivity contribution is 9.10. The molecule has 0 aliphatic heterocycles. The normalized spacial score (nSPS) is 12.8. The van der Waals surface area contributed by atoms with Gasteiger partial charge in [0.1, 0.15) is 28.8 Å². The Kier molecular flexibility index (Phi) is 10.1. The lowest BCUT2D eigenvalue weighted by Crippen LogP contribution is -2.66. The first-order valence-corrected chi connectivity index (χ1v) is 17.8. The van der Waals surface area contributed by atoms with E-state index in [4.69, 9.17) is 9.16 Å². The summed E-state index contributed by atoms with van der Waals surface area (Å²) in [6.45, 7) is 10.2. The number of methoxy groups -OCH3 is 1. The summed E-state index contributed by atoms with van der Waals surface area (Å²) in [5.74, 6) is 1.45. The van der Waals surface area contributed by atoms with Gasteiger partial charge in [0.25, 0.3) is 8.32 Å². The van der Waals surface area contributed by atoms with Gasteiger partial charge in [0.15, 0.2) is 5.82 Å². The Morgan fingerprint density at radius 2 is 1.61 bits per heavy atom. The molecular weight excluding hydrogens is 632 g/mol. The van der Waals surface area contributed by atoms with Gasteiger partial charge in [-0.2, -0.15) is 5.10 Å². The number of hydrogen-bond acceptors (Lipinski definition) is 7. The maximum absolute atomic E-state index is 7.21. The largest absolute Gasteiger partial charge is 0.495 e. The second-order valence-electron chi connectivity index (χ2n) is 12.0. The van der Waals surface area contributed by atoms with Crippen molar-refractivity contribution in [3.05, 3.63) is 95.6 Å². The molecule has 0 saturated carbocycles. The number of hydrogen-bond donors (Lipinski definition) is 1. The number of halogens is 1. The van der Waals surface area contributed by atoms with Crippen LogP contribution in [-0.2, 0) is 11.0 Å². The zero-order valence-electron chi connectivity index (χ0n) is 26.1. The highest BCUT2D eigenvalue weighted by atomic mass is 79.9. The highest BCUT2D eigenvalue weighted by Gasteiger charge is 2.50. The van der Waals surface area contributed by atoms with Crippen molar-refractivity contribution in [3.63, 3.8) is 0 Å². The third-order valence-corrected chi connectivity index (χ3v) is 13.5. The molecule has 0 radical (unpaired) electrons. The minimum Gasteiger partial charge on any atom is -0.495 e. The number of ether oxygens (including phenoxy) is 1. The Labute approximate surface area is 269 Å². The van der Waals surface area contributed by atoms with Crippen molar-refractivity contribution in [1.29, 1.82) is 0 Å². The van der Waals surface area contributed by atoms with Crippen molar-refractivity contribution in [2.24, 2.45) is 0 Å². The summed E-state index contributed by atoms with van der Waals surface area (Å²) in [5, 5.41) is 10.9. The van der Waals surface area contributed by atoms with Crippen molar-refractivity contribution in [2.75, 3.05) is 19.0 Å². The molecule has 8 nitrogen and oxygen atoms in total. The van der Waals surface area contributed by atoms with Crippen LogP contribution in [0, 0.1) is 0 Å². The number of aromatic nitrogens is 5. The van der Waals surface area contributed by atoms with Crippen molar-refractivity contribution >= 4 is 51.5 Å². The number of anilines is 1. The van der Waals surface area contributed by atoms with Crippen molar-refractivity contribution in [3.8, 4) is 5.75 Å². The van der Waals surface area contributed by atoms with Crippen LogP contribution in [0.25, 0.3) is 11.0 Å². The quantitative estimate of drug-likeness (QED) is 0.141. The van der Waals surface area contributed by atoms with E-state index < -0.39 is 8.32 Å². The zero-order valence-corrected chi connectivity index (χ0v) is 28.7. The fourth-order valence-corrected chi connectivity index (χ4v) is 10.9. The summed E-state index contributed by atoms with van der Waals surface area (Å²) in [4.78, 5) is 13.7. The molecule has 44 heavy (non-hydrogen) atoms. The van der Waals surface area contributed by atoms with Gasteiger partial charge in [0, 0.05) is 23.3 Å². The minimum atomic E-state index is -2.62. The van der Waals surface area contributed by atoms with E-state index in [1.165, 1.54) is 10.4 Å². The molecule has 0 unspecified atom stereocenters. The molecule has 0 bridgehead atoms. The van der Waals surface area contributed by atoms with Crippen LogP contribution in [0.5, 0.6) is 5.75 Å². The van der Waals surface area contributed by atoms with E-state index in [-0.39, 0.29) is 11.1 Å². The van der Waals surface area contributed by atoms with Gasteiger partial charge >= 0.3 is 0 Å². The first-order chi connectivity index (χ1) is 21.3. The Bertz CT molecular complexity index is 1620. The summed E-state index contributed by atoms with van der Waals surface area (Å²) in [6.07, 6.45) is 7.98. The second kappa shape index (κ2) is 14.0. The van der Waals surface area contributed by atoms with E-state index in [0.717, 1.165) is 46.3 Å². The Morgan fingerprint density at radius 3 is 2.23 bits per heavy atom. The fourth-order valence-electron chi connectivity index (χ4n) is 5.98. The topological polar surface area (TPSA) is 87.0 Å². The molecule has 3 aromatic heterocycles. The van der Waals surface area contributed by atoms with Crippen LogP contribution in [0.4, 0.5) is 5.82 Å². The molecule has 230 valence electrons. The third-order valence-electron chi connectivity index (χ3n) is 8.02. The lowest BCUT2D eigenvalue weighted by molar-refractivity contribution is 0.281. The smallest absolute Gasteiger partial charge is 0.261 e. The Hall–Kier alpha value is -3.60. The predicted octanol–water partition coefficient (Wildman–Crippen LogP) is 6.59. The number of pyridine rings is 1. The molecule has 0 saturated heterocycles. The lowest BCUT2D eigenvalue weighted by Gasteiger charge is -2.43. The molecule has 10 heteroatoms.